The summed E-state index contributed by atoms with van der Waals surface area (Å²) in [4.78, 5) is 4.00. The zero-order valence-corrected chi connectivity index (χ0v) is 6.51. The summed E-state index contributed by atoms with van der Waals surface area (Å²) < 4.78 is 6.75. The van der Waals surface area contributed by atoms with Crippen LogP contribution in [0.1, 0.15) is 5.82 Å². The van der Waals surface area contributed by atoms with Gasteiger partial charge in [0.2, 0.25) is 0 Å². The van der Waals surface area contributed by atoms with E-state index in [2.05, 4.69) is 4.98 Å². The number of methoxy groups -OCH3 is 1. The van der Waals surface area contributed by atoms with Crippen molar-refractivity contribution in [3.63, 3.8) is 0 Å². The van der Waals surface area contributed by atoms with Gasteiger partial charge in [-0.15, -0.1) is 11.6 Å². The van der Waals surface area contributed by atoms with Crippen LogP contribution in [0.3, 0.4) is 0 Å². The Bertz CT molecular complexity index is 199. The smallest absolute Gasteiger partial charge is 0.125 e. The zero-order valence-electron chi connectivity index (χ0n) is 5.75. The molecular formula is C6H9ClN2O. The maximum atomic E-state index is 5.57. The maximum Gasteiger partial charge on any atom is 0.125 e. The van der Waals surface area contributed by atoms with Crippen LogP contribution < -0.4 is 0 Å². The summed E-state index contributed by atoms with van der Waals surface area (Å²) in [6, 6.07) is 0. The van der Waals surface area contributed by atoms with Gasteiger partial charge in [0, 0.05) is 19.5 Å². The van der Waals surface area contributed by atoms with E-state index >= 15 is 0 Å². The molecule has 0 saturated heterocycles. The Balaban J connectivity index is 2.70. The minimum absolute atomic E-state index is 0.427. The van der Waals surface area contributed by atoms with Gasteiger partial charge in [-0.2, -0.15) is 0 Å². The van der Waals surface area contributed by atoms with Gasteiger partial charge in [-0.3, -0.25) is 0 Å². The molecule has 0 bridgehead atoms. The van der Waals surface area contributed by atoms with E-state index in [1.807, 2.05) is 10.8 Å². The molecule has 1 heterocycles. The van der Waals surface area contributed by atoms with E-state index in [0.29, 0.717) is 12.6 Å². The summed E-state index contributed by atoms with van der Waals surface area (Å²) in [5, 5.41) is 0. The Morgan fingerprint density at radius 2 is 2.60 bits per heavy atom. The summed E-state index contributed by atoms with van der Waals surface area (Å²) in [5.41, 5.74) is 0. The van der Waals surface area contributed by atoms with Crippen molar-refractivity contribution in [1.82, 2.24) is 9.55 Å². The van der Waals surface area contributed by atoms with Crippen molar-refractivity contribution in [2.45, 2.75) is 12.6 Å². The van der Waals surface area contributed by atoms with Crippen LogP contribution in [0.25, 0.3) is 0 Å². The van der Waals surface area contributed by atoms with Gasteiger partial charge >= 0.3 is 0 Å². The van der Waals surface area contributed by atoms with Crippen LogP contribution in [-0.4, -0.2) is 16.7 Å². The topological polar surface area (TPSA) is 27.1 Å². The predicted octanol–water partition coefficient (Wildman–Crippen LogP) is 1.23. The van der Waals surface area contributed by atoms with Crippen LogP contribution in [-0.2, 0) is 17.3 Å². The lowest BCUT2D eigenvalue weighted by atomic mass is 10.7. The minimum Gasteiger partial charge on any atom is -0.364 e. The van der Waals surface area contributed by atoms with Gasteiger partial charge < -0.3 is 9.30 Å². The van der Waals surface area contributed by atoms with Gasteiger partial charge in [0.15, 0.2) is 0 Å². The Kier molecular flexibility index (Phi) is 2.71. The van der Waals surface area contributed by atoms with Crippen LogP contribution in [0.5, 0.6) is 0 Å². The normalized spacial score (nSPS) is 10.2. The number of alkyl halides is 1. The molecule has 1 aromatic heterocycles. The number of rotatable bonds is 3. The highest BCUT2D eigenvalue weighted by atomic mass is 35.5. The van der Waals surface area contributed by atoms with E-state index in [0.717, 1.165) is 5.82 Å². The summed E-state index contributed by atoms with van der Waals surface area (Å²) >= 11 is 5.57. The number of nitrogens with zero attached hydrogens (tertiary/aromatic N) is 2. The summed E-state index contributed by atoms with van der Waals surface area (Å²) in [6.45, 7) is 0.516. The van der Waals surface area contributed by atoms with Gasteiger partial charge in [-0.05, 0) is 0 Å². The van der Waals surface area contributed by atoms with Crippen LogP contribution in [0, 0.1) is 0 Å². The first kappa shape index (κ1) is 7.57. The van der Waals surface area contributed by atoms with Crippen molar-refractivity contribution in [3.05, 3.63) is 18.2 Å². The monoisotopic (exact) mass is 160 g/mol. The van der Waals surface area contributed by atoms with Crippen LogP contribution in [0.2, 0.25) is 0 Å². The van der Waals surface area contributed by atoms with Crippen molar-refractivity contribution in [2.24, 2.45) is 0 Å². The Labute approximate surface area is 64.6 Å². The molecule has 0 amide bonds. The molecule has 0 aliphatic rings. The summed E-state index contributed by atoms with van der Waals surface area (Å²) in [5.74, 6) is 1.26. The molecule has 0 aliphatic carbocycles. The lowest BCUT2D eigenvalue weighted by Crippen LogP contribution is -2.02. The van der Waals surface area contributed by atoms with Gasteiger partial charge in [-0.1, -0.05) is 0 Å². The van der Waals surface area contributed by atoms with Gasteiger partial charge in [0.25, 0.3) is 0 Å². The first-order valence-electron chi connectivity index (χ1n) is 2.93. The second kappa shape index (κ2) is 3.58. The highest BCUT2D eigenvalue weighted by Gasteiger charge is 1.97. The van der Waals surface area contributed by atoms with Gasteiger partial charge in [-0.25, -0.2) is 4.98 Å². The van der Waals surface area contributed by atoms with E-state index in [-0.39, 0.29) is 0 Å². The molecule has 3 nitrogen and oxygen atoms in total. The SMILES string of the molecule is COCn1ccnc1CCl. The number of hydrogen-bond acceptors (Lipinski definition) is 2. The van der Waals surface area contributed by atoms with Crippen molar-refractivity contribution >= 4 is 11.6 Å². The minimum atomic E-state index is 0.427. The van der Waals surface area contributed by atoms with E-state index in [9.17, 15) is 0 Å². The fourth-order valence-electron chi connectivity index (χ4n) is 0.728. The van der Waals surface area contributed by atoms with E-state index in [1.165, 1.54) is 0 Å². The van der Waals surface area contributed by atoms with E-state index in [1.54, 1.807) is 13.3 Å². The number of imidazole rings is 1. The van der Waals surface area contributed by atoms with Gasteiger partial charge in [0.1, 0.15) is 12.6 Å². The molecule has 10 heavy (non-hydrogen) atoms. The molecule has 0 saturated carbocycles. The molecule has 0 aromatic carbocycles. The van der Waals surface area contributed by atoms with Crippen molar-refractivity contribution in [2.75, 3.05) is 7.11 Å². The predicted molar refractivity (Wildman–Crippen MR) is 38.8 cm³/mol. The van der Waals surface area contributed by atoms with Crippen molar-refractivity contribution < 1.29 is 4.74 Å². The number of ether oxygens (including phenoxy) is 1. The van der Waals surface area contributed by atoms with E-state index < -0.39 is 0 Å². The average molecular weight is 161 g/mol. The average Bonchev–Trinajstić information content (AvgIpc) is 2.36. The first-order valence-corrected chi connectivity index (χ1v) is 3.47. The molecule has 56 valence electrons. The molecule has 0 radical (unpaired) electrons. The molecule has 0 spiro atoms. The van der Waals surface area contributed by atoms with Crippen molar-refractivity contribution in [1.29, 1.82) is 0 Å². The Morgan fingerprint density at radius 1 is 1.80 bits per heavy atom. The Morgan fingerprint density at radius 3 is 3.20 bits per heavy atom. The number of halogens is 1. The van der Waals surface area contributed by atoms with Crippen LogP contribution in [0.4, 0.5) is 0 Å². The standard InChI is InChI=1S/C6H9ClN2O/c1-10-5-9-3-2-8-6(9)4-7/h2-3H,4-5H2,1H3. The molecule has 0 aliphatic heterocycles. The van der Waals surface area contributed by atoms with Crippen LogP contribution in [0.15, 0.2) is 12.4 Å². The quantitative estimate of drug-likeness (QED) is 0.622. The highest BCUT2D eigenvalue weighted by Crippen LogP contribution is 2.00. The lowest BCUT2D eigenvalue weighted by Gasteiger charge is -2.01. The molecule has 1 rings (SSSR count). The first-order chi connectivity index (χ1) is 4.88. The molecule has 0 unspecified atom stereocenters. The zero-order chi connectivity index (χ0) is 7.40. The molecule has 0 N–H and O–H groups in total. The van der Waals surface area contributed by atoms with Crippen LogP contribution >= 0.6 is 11.6 Å². The highest BCUT2D eigenvalue weighted by molar-refractivity contribution is 6.16. The number of aromatic nitrogens is 2. The lowest BCUT2D eigenvalue weighted by molar-refractivity contribution is 0.129. The fraction of sp³-hybridized carbons (Fsp3) is 0.500. The molecule has 0 fully saturated rings. The fourth-order valence-corrected chi connectivity index (χ4v) is 0.950. The second-order valence-corrected chi connectivity index (χ2v) is 2.13. The summed E-state index contributed by atoms with van der Waals surface area (Å²) in [6.07, 6.45) is 3.54. The van der Waals surface area contributed by atoms with Gasteiger partial charge in [0.05, 0.1) is 5.88 Å². The van der Waals surface area contributed by atoms with Crippen molar-refractivity contribution in [3.8, 4) is 0 Å². The third kappa shape index (κ3) is 1.49. The molecular weight excluding hydrogens is 152 g/mol. The largest absolute Gasteiger partial charge is 0.364 e. The summed E-state index contributed by atoms with van der Waals surface area (Å²) in [7, 11) is 1.64. The second-order valence-electron chi connectivity index (χ2n) is 1.86. The molecule has 4 heteroatoms. The molecule has 1 aromatic rings. The third-order valence-corrected chi connectivity index (χ3v) is 1.43. The third-order valence-electron chi connectivity index (χ3n) is 1.19. The molecule has 0 atom stereocenters. The number of hydrogen-bond donors (Lipinski definition) is 0. The Hall–Kier alpha value is -0.540. The maximum absolute atomic E-state index is 5.57. The van der Waals surface area contributed by atoms with E-state index in [4.69, 9.17) is 16.3 Å².